The van der Waals surface area contributed by atoms with Crippen LogP contribution in [0.25, 0.3) is 0 Å². The number of nitrogens with one attached hydrogen (secondary N) is 2. The smallest absolute Gasteiger partial charge is 0.191 e. The fraction of sp³-hybridized carbons (Fsp3) is 0.600. The molecule has 0 spiro atoms. The zero-order chi connectivity index (χ0) is 19.6. The molecule has 0 radical (unpaired) electrons. The maximum Gasteiger partial charge on any atom is 0.191 e. The first kappa shape index (κ1) is 20.8. The van der Waals surface area contributed by atoms with E-state index < -0.39 is 0 Å². The normalized spacial score (nSPS) is 16.9. The summed E-state index contributed by atoms with van der Waals surface area (Å²) < 4.78 is 7.72. The number of hydrogen-bond acceptors (Lipinski definition) is 5. The highest BCUT2D eigenvalue weighted by molar-refractivity contribution is 7.10. The van der Waals surface area contributed by atoms with Crippen molar-refractivity contribution in [2.45, 2.75) is 32.4 Å². The molecular weight excluding hydrogens is 372 g/mol. The Kier molecular flexibility index (Phi) is 8.32. The highest BCUT2D eigenvalue weighted by Crippen LogP contribution is 2.25. The summed E-state index contributed by atoms with van der Waals surface area (Å²) in [6, 6.07) is 4.70. The lowest BCUT2D eigenvalue weighted by molar-refractivity contribution is 0.0177. The highest BCUT2D eigenvalue weighted by Gasteiger charge is 2.23. The summed E-state index contributed by atoms with van der Waals surface area (Å²) in [4.78, 5) is 12.5. The molecule has 28 heavy (non-hydrogen) atoms. The lowest BCUT2D eigenvalue weighted by Crippen LogP contribution is -2.46. The van der Waals surface area contributed by atoms with Gasteiger partial charge in [0.05, 0.1) is 19.3 Å². The van der Waals surface area contributed by atoms with Crippen molar-refractivity contribution >= 4 is 17.3 Å². The van der Waals surface area contributed by atoms with Crippen LogP contribution in [0.1, 0.15) is 29.6 Å². The molecule has 1 saturated heterocycles. The van der Waals surface area contributed by atoms with Gasteiger partial charge in [-0.15, -0.1) is 11.3 Å². The second-order valence-electron chi connectivity index (χ2n) is 6.93. The molecule has 1 unspecified atom stereocenters. The topological polar surface area (TPSA) is 66.7 Å². The Bertz CT molecular complexity index is 708. The van der Waals surface area contributed by atoms with Crippen molar-refractivity contribution in [2.24, 2.45) is 4.99 Å². The van der Waals surface area contributed by atoms with E-state index in [0.717, 1.165) is 70.6 Å². The van der Waals surface area contributed by atoms with Gasteiger partial charge < -0.3 is 19.9 Å². The van der Waals surface area contributed by atoms with E-state index >= 15 is 0 Å². The predicted molar refractivity (Wildman–Crippen MR) is 115 cm³/mol. The third-order valence-electron chi connectivity index (χ3n) is 5.09. The molecule has 0 aromatic carbocycles. The van der Waals surface area contributed by atoms with Gasteiger partial charge in [-0.25, -0.2) is 4.98 Å². The third kappa shape index (κ3) is 6.05. The molecule has 1 aliphatic heterocycles. The Morgan fingerprint density at radius 3 is 2.86 bits per heavy atom. The monoisotopic (exact) mass is 404 g/mol. The maximum absolute atomic E-state index is 5.52. The zero-order valence-electron chi connectivity index (χ0n) is 16.9. The minimum absolute atomic E-state index is 0.353. The van der Waals surface area contributed by atoms with Crippen molar-refractivity contribution in [3.63, 3.8) is 0 Å². The van der Waals surface area contributed by atoms with Gasteiger partial charge in [-0.05, 0) is 31.2 Å². The summed E-state index contributed by atoms with van der Waals surface area (Å²) in [6.07, 6.45) is 6.11. The maximum atomic E-state index is 5.52. The number of imidazole rings is 1. The molecule has 2 aromatic rings. The molecule has 7 nitrogen and oxygen atoms in total. The molecule has 0 amide bonds. The number of rotatable bonds is 9. The van der Waals surface area contributed by atoms with Crippen molar-refractivity contribution in [1.29, 1.82) is 0 Å². The van der Waals surface area contributed by atoms with E-state index in [1.54, 1.807) is 0 Å². The van der Waals surface area contributed by atoms with Crippen molar-refractivity contribution < 1.29 is 4.74 Å². The standard InChI is InChI=1S/C20H32N6OS/c1-17-22-8-10-25(17)9-4-3-7-23-20(21-2)24-16-18(19-6-5-15-28-19)26-11-13-27-14-12-26/h5-6,8,10,15,18H,3-4,7,9,11-14,16H2,1-2H3,(H2,21,23,24). The largest absolute Gasteiger partial charge is 0.379 e. The van der Waals surface area contributed by atoms with Crippen molar-refractivity contribution in [2.75, 3.05) is 46.4 Å². The molecule has 0 saturated carbocycles. The van der Waals surface area contributed by atoms with Gasteiger partial charge in [-0.3, -0.25) is 9.89 Å². The van der Waals surface area contributed by atoms with Crippen LogP contribution < -0.4 is 10.6 Å². The second kappa shape index (κ2) is 11.2. The van der Waals surface area contributed by atoms with Crippen LogP contribution in [0.5, 0.6) is 0 Å². The molecule has 0 aliphatic carbocycles. The van der Waals surface area contributed by atoms with E-state index in [2.05, 4.69) is 47.6 Å². The number of aliphatic imine (C=N–C) groups is 1. The SMILES string of the molecule is CN=C(NCCCCn1ccnc1C)NCC(c1cccs1)N1CCOCC1. The minimum Gasteiger partial charge on any atom is -0.379 e. The van der Waals surface area contributed by atoms with Crippen LogP contribution in [0.15, 0.2) is 34.9 Å². The minimum atomic E-state index is 0.353. The van der Waals surface area contributed by atoms with Crippen LogP contribution in [-0.2, 0) is 11.3 Å². The summed E-state index contributed by atoms with van der Waals surface area (Å²) in [5, 5.41) is 9.11. The fourth-order valence-corrected chi connectivity index (χ4v) is 4.31. The first-order chi connectivity index (χ1) is 13.8. The highest BCUT2D eigenvalue weighted by atomic mass is 32.1. The van der Waals surface area contributed by atoms with E-state index in [4.69, 9.17) is 4.74 Å². The van der Waals surface area contributed by atoms with Crippen LogP contribution >= 0.6 is 11.3 Å². The lowest BCUT2D eigenvalue weighted by Gasteiger charge is -2.34. The van der Waals surface area contributed by atoms with Gasteiger partial charge in [0, 0.05) is 57.0 Å². The summed E-state index contributed by atoms with van der Waals surface area (Å²) >= 11 is 1.82. The van der Waals surface area contributed by atoms with Crippen LogP contribution in [-0.4, -0.2) is 66.9 Å². The van der Waals surface area contributed by atoms with Crippen LogP contribution in [0, 0.1) is 6.92 Å². The Hall–Kier alpha value is -1.90. The Labute approximate surface area is 171 Å². The second-order valence-corrected chi connectivity index (χ2v) is 7.91. The Morgan fingerprint density at radius 1 is 1.32 bits per heavy atom. The average Bonchev–Trinajstić information content (AvgIpc) is 3.39. The van der Waals surface area contributed by atoms with Gasteiger partial charge in [0.1, 0.15) is 5.82 Å². The third-order valence-corrected chi connectivity index (χ3v) is 6.06. The predicted octanol–water partition coefficient (Wildman–Crippen LogP) is 2.27. The fourth-order valence-electron chi connectivity index (χ4n) is 3.45. The van der Waals surface area contributed by atoms with E-state index in [1.807, 2.05) is 37.7 Å². The van der Waals surface area contributed by atoms with E-state index in [-0.39, 0.29) is 0 Å². The van der Waals surface area contributed by atoms with E-state index in [1.165, 1.54) is 4.88 Å². The number of aryl methyl sites for hydroxylation is 2. The molecule has 1 fully saturated rings. The number of ether oxygens (including phenoxy) is 1. The van der Waals surface area contributed by atoms with Gasteiger partial charge in [0.15, 0.2) is 5.96 Å². The molecule has 0 bridgehead atoms. The van der Waals surface area contributed by atoms with Crippen molar-refractivity contribution in [3.8, 4) is 0 Å². The van der Waals surface area contributed by atoms with Crippen LogP contribution in [0.4, 0.5) is 0 Å². The summed E-state index contributed by atoms with van der Waals surface area (Å²) in [5.41, 5.74) is 0. The number of nitrogens with zero attached hydrogens (tertiary/aromatic N) is 4. The van der Waals surface area contributed by atoms with Gasteiger partial charge >= 0.3 is 0 Å². The van der Waals surface area contributed by atoms with E-state index in [0.29, 0.717) is 6.04 Å². The first-order valence-electron chi connectivity index (χ1n) is 10.1. The zero-order valence-corrected chi connectivity index (χ0v) is 17.7. The van der Waals surface area contributed by atoms with Gasteiger partial charge in [0.2, 0.25) is 0 Å². The van der Waals surface area contributed by atoms with Crippen LogP contribution in [0.2, 0.25) is 0 Å². The van der Waals surface area contributed by atoms with Gasteiger partial charge in [-0.1, -0.05) is 6.07 Å². The average molecular weight is 405 g/mol. The number of unbranched alkanes of at least 4 members (excludes halogenated alkanes) is 1. The Balaban J connectivity index is 1.42. The lowest BCUT2D eigenvalue weighted by atomic mass is 10.2. The van der Waals surface area contributed by atoms with Gasteiger partial charge in [-0.2, -0.15) is 0 Å². The molecule has 8 heteroatoms. The molecule has 3 rings (SSSR count). The van der Waals surface area contributed by atoms with Gasteiger partial charge in [0.25, 0.3) is 0 Å². The number of aromatic nitrogens is 2. The number of thiophene rings is 1. The van der Waals surface area contributed by atoms with Crippen molar-refractivity contribution in [3.05, 3.63) is 40.6 Å². The molecule has 1 aliphatic rings. The first-order valence-corrected chi connectivity index (χ1v) is 10.9. The number of guanidine groups is 1. The quantitative estimate of drug-likeness (QED) is 0.381. The Morgan fingerprint density at radius 2 is 2.18 bits per heavy atom. The number of hydrogen-bond donors (Lipinski definition) is 2. The molecule has 2 N–H and O–H groups in total. The molecule has 3 heterocycles. The van der Waals surface area contributed by atoms with Crippen molar-refractivity contribution in [1.82, 2.24) is 25.1 Å². The van der Waals surface area contributed by atoms with E-state index in [9.17, 15) is 0 Å². The number of morpholine rings is 1. The van der Waals surface area contributed by atoms with Crippen LogP contribution in [0.3, 0.4) is 0 Å². The summed E-state index contributed by atoms with van der Waals surface area (Å²) in [6.45, 7) is 8.38. The summed E-state index contributed by atoms with van der Waals surface area (Å²) in [5.74, 6) is 1.95. The summed E-state index contributed by atoms with van der Waals surface area (Å²) in [7, 11) is 1.83. The molecular formula is C20H32N6OS. The molecule has 154 valence electrons. The molecule has 1 atom stereocenters. The molecule has 2 aromatic heterocycles.